The van der Waals surface area contributed by atoms with Crippen molar-refractivity contribution in [1.82, 2.24) is 24.8 Å². The van der Waals surface area contributed by atoms with Gasteiger partial charge in [0, 0.05) is 29.2 Å². The molecule has 3 N–H and O–H groups in total. The van der Waals surface area contributed by atoms with Gasteiger partial charge in [0.2, 0.25) is 0 Å². The molecule has 1 fully saturated rings. The largest absolute Gasteiger partial charge is 0.481 e. The number of aliphatic carboxylic acids is 2. The van der Waals surface area contributed by atoms with Gasteiger partial charge >= 0.3 is 11.9 Å². The minimum absolute atomic E-state index is 0.212. The van der Waals surface area contributed by atoms with Crippen LogP contribution >= 0.6 is 0 Å². The number of amides is 1. The van der Waals surface area contributed by atoms with Crippen molar-refractivity contribution in [1.29, 1.82) is 0 Å². The fourth-order valence-corrected chi connectivity index (χ4v) is 5.82. The minimum atomic E-state index is -1.31. The van der Waals surface area contributed by atoms with E-state index < -0.39 is 23.9 Å². The Bertz CT molecular complexity index is 1830. The number of hydrogen-bond acceptors (Lipinski definition) is 6. The molecule has 1 saturated carbocycles. The molecular formula is C33H31N5O5. The van der Waals surface area contributed by atoms with Crippen LogP contribution in [0.3, 0.4) is 0 Å². The third-order valence-corrected chi connectivity index (χ3v) is 8.01. The molecule has 43 heavy (non-hydrogen) atoms. The van der Waals surface area contributed by atoms with Gasteiger partial charge in [-0.15, -0.1) is 0 Å². The van der Waals surface area contributed by atoms with Gasteiger partial charge in [-0.2, -0.15) is 0 Å². The number of carboxylic acids is 2. The van der Waals surface area contributed by atoms with Gasteiger partial charge in [-0.3, -0.25) is 14.6 Å². The van der Waals surface area contributed by atoms with Crippen molar-refractivity contribution in [2.24, 2.45) is 0 Å². The Morgan fingerprint density at radius 3 is 2.40 bits per heavy atom. The number of carbonyl (C=O) groups is 3. The smallest absolute Gasteiger partial charge is 0.326 e. The molecule has 0 unspecified atom stereocenters. The maximum Gasteiger partial charge on any atom is 0.326 e. The summed E-state index contributed by atoms with van der Waals surface area (Å²) in [6.45, 7) is 0. The van der Waals surface area contributed by atoms with Gasteiger partial charge in [-0.05, 0) is 55.7 Å². The van der Waals surface area contributed by atoms with Gasteiger partial charge in [0.1, 0.15) is 11.9 Å². The van der Waals surface area contributed by atoms with Crippen LogP contribution in [0.5, 0.6) is 0 Å². The van der Waals surface area contributed by atoms with Crippen LogP contribution in [0.2, 0.25) is 0 Å². The maximum absolute atomic E-state index is 13.0. The zero-order valence-electron chi connectivity index (χ0n) is 23.4. The molecule has 6 rings (SSSR count). The number of benzene rings is 3. The van der Waals surface area contributed by atoms with Gasteiger partial charge in [0.05, 0.1) is 34.0 Å². The number of fused-ring (bicyclic) bond motifs is 2. The van der Waals surface area contributed by atoms with Crippen LogP contribution in [0.4, 0.5) is 0 Å². The highest BCUT2D eigenvalue weighted by Gasteiger charge is 2.25. The molecule has 218 valence electrons. The molecule has 10 nitrogen and oxygen atoms in total. The molecule has 5 aromatic rings. The van der Waals surface area contributed by atoms with E-state index in [9.17, 15) is 19.5 Å². The summed E-state index contributed by atoms with van der Waals surface area (Å²) in [7, 11) is 0. The second-order valence-electron chi connectivity index (χ2n) is 10.9. The molecule has 2 aromatic heterocycles. The topological polar surface area (TPSA) is 147 Å². The van der Waals surface area contributed by atoms with E-state index in [-0.39, 0.29) is 24.4 Å². The summed E-state index contributed by atoms with van der Waals surface area (Å²) in [4.78, 5) is 50.1. The summed E-state index contributed by atoms with van der Waals surface area (Å²) < 4.78 is 2.26. The number of carbonyl (C=O) groups excluding carboxylic acids is 1. The number of nitrogens with zero attached hydrogens (tertiary/aromatic N) is 4. The monoisotopic (exact) mass is 577 g/mol. The number of nitrogens with one attached hydrogen (secondary N) is 1. The van der Waals surface area contributed by atoms with Crippen molar-refractivity contribution in [2.45, 2.75) is 57.0 Å². The van der Waals surface area contributed by atoms with Crippen molar-refractivity contribution in [3.8, 4) is 22.6 Å². The minimum Gasteiger partial charge on any atom is -0.481 e. The molecule has 1 amide bonds. The summed E-state index contributed by atoms with van der Waals surface area (Å²) >= 11 is 0. The molecule has 0 aliphatic heterocycles. The molecule has 0 bridgehead atoms. The highest BCUT2D eigenvalue weighted by Crippen LogP contribution is 2.37. The van der Waals surface area contributed by atoms with Gasteiger partial charge in [0.25, 0.3) is 5.91 Å². The van der Waals surface area contributed by atoms with Gasteiger partial charge in [-0.1, -0.05) is 49.6 Å². The number of rotatable bonds is 9. The highest BCUT2D eigenvalue weighted by atomic mass is 16.4. The fourth-order valence-electron chi connectivity index (χ4n) is 5.82. The van der Waals surface area contributed by atoms with Gasteiger partial charge < -0.3 is 20.1 Å². The number of aromatic nitrogens is 4. The van der Waals surface area contributed by atoms with Crippen LogP contribution in [0.25, 0.3) is 44.7 Å². The second kappa shape index (κ2) is 12.0. The van der Waals surface area contributed by atoms with E-state index >= 15 is 0 Å². The number of hydrogen-bond donors (Lipinski definition) is 3. The van der Waals surface area contributed by atoms with Crippen molar-refractivity contribution >= 4 is 39.9 Å². The molecule has 2 heterocycles. The van der Waals surface area contributed by atoms with Crippen LogP contribution in [0, 0.1) is 0 Å². The zero-order chi connectivity index (χ0) is 29.9. The normalized spacial score (nSPS) is 14.5. The molecular weight excluding hydrogens is 546 g/mol. The van der Waals surface area contributed by atoms with Crippen LogP contribution in [-0.2, 0) is 9.59 Å². The molecule has 3 aromatic carbocycles. The lowest BCUT2D eigenvalue weighted by atomic mass is 9.94. The standard InChI is InChI=1S/C33H31N5O5/c39-30(40)16-14-25(33(42)43)37-32(41)22-12-15-29-27(18-22)36-31(38(29)23-9-5-2-6-10-23)21-11-13-24-26(17-21)34-19-28(35-24)20-7-3-1-4-8-20/h1,3-4,7-8,11-13,15,17-19,23,25H,2,5-6,9-10,14,16H2,(H,37,41)(H,39,40)(H,42,43)/t25-/m0/s1. The molecule has 0 radical (unpaired) electrons. The highest BCUT2D eigenvalue weighted by molar-refractivity contribution is 5.99. The number of carboxylic acid groups (broad SMARTS) is 2. The second-order valence-corrected chi connectivity index (χ2v) is 10.9. The summed E-state index contributed by atoms with van der Waals surface area (Å²) in [6, 6.07) is 20.0. The summed E-state index contributed by atoms with van der Waals surface area (Å²) in [5, 5.41) is 20.9. The first-order valence-corrected chi connectivity index (χ1v) is 14.5. The molecule has 0 spiro atoms. The Kier molecular flexibility index (Phi) is 7.83. The van der Waals surface area contributed by atoms with Crippen molar-refractivity contribution in [3.63, 3.8) is 0 Å². The lowest BCUT2D eigenvalue weighted by Gasteiger charge is -2.25. The molecule has 1 aliphatic carbocycles. The zero-order valence-corrected chi connectivity index (χ0v) is 23.4. The van der Waals surface area contributed by atoms with E-state index in [1.54, 1.807) is 18.3 Å². The van der Waals surface area contributed by atoms with Gasteiger partial charge in [-0.25, -0.2) is 14.8 Å². The summed E-state index contributed by atoms with van der Waals surface area (Å²) in [5.41, 5.74) is 5.99. The predicted octanol–water partition coefficient (Wildman–Crippen LogP) is 5.87. The van der Waals surface area contributed by atoms with Crippen LogP contribution in [0.1, 0.15) is 61.3 Å². The first-order valence-electron chi connectivity index (χ1n) is 14.5. The third-order valence-electron chi connectivity index (χ3n) is 8.01. The lowest BCUT2D eigenvalue weighted by molar-refractivity contribution is -0.140. The summed E-state index contributed by atoms with van der Waals surface area (Å²) in [5.74, 6) is -2.22. The first-order chi connectivity index (χ1) is 20.9. The first kappa shape index (κ1) is 28.0. The Hall–Kier alpha value is -5.12. The average molecular weight is 578 g/mol. The maximum atomic E-state index is 13.0. The third kappa shape index (κ3) is 5.94. The van der Waals surface area contributed by atoms with Crippen molar-refractivity contribution in [3.05, 3.63) is 78.5 Å². The van der Waals surface area contributed by atoms with Crippen molar-refractivity contribution in [2.75, 3.05) is 0 Å². The van der Waals surface area contributed by atoms with Crippen LogP contribution in [-0.4, -0.2) is 53.6 Å². The van der Waals surface area contributed by atoms with E-state index in [0.29, 0.717) is 5.52 Å². The Labute approximate surface area is 247 Å². The van der Waals surface area contributed by atoms with Crippen LogP contribution < -0.4 is 5.32 Å². The fraction of sp³-hybridized carbons (Fsp3) is 0.273. The summed E-state index contributed by atoms with van der Waals surface area (Å²) in [6.07, 6.45) is 6.70. The quantitative estimate of drug-likeness (QED) is 0.197. The SMILES string of the molecule is O=C(O)CC[C@H](NC(=O)c1ccc2c(c1)nc(-c1ccc3nc(-c4ccccc4)cnc3c1)n2C1CCCCC1)C(=O)O. The number of imidazole rings is 1. The molecule has 1 aliphatic rings. The van der Waals surface area contributed by atoms with E-state index in [0.717, 1.165) is 64.9 Å². The van der Waals surface area contributed by atoms with E-state index in [1.165, 1.54) is 6.42 Å². The molecule has 0 saturated heterocycles. The van der Waals surface area contributed by atoms with E-state index in [4.69, 9.17) is 20.1 Å². The predicted molar refractivity (Wildman–Crippen MR) is 162 cm³/mol. The Balaban J connectivity index is 1.37. The Morgan fingerprint density at radius 2 is 1.65 bits per heavy atom. The Morgan fingerprint density at radius 1 is 0.860 bits per heavy atom. The van der Waals surface area contributed by atoms with Crippen molar-refractivity contribution < 1.29 is 24.6 Å². The van der Waals surface area contributed by atoms with Crippen LogP contribution in [0.15, 0.2) is 72.9 Å². The van der Waals surface area contributed by atoms with E-state index in [1.807, 2.05) is 54.6 Å². The average Bonchev–Trinajstić information content (AvgIpc) is 3.42. The molecule has 10 heteroatoms. The molecule has 1 atom stereocenters. The van der Waals surface area contributed by atoms with E-state index in [2.05, 4.69) is 9.88 Å². The lowest BCUT2D eigenvalue weighted by Crippen LogP contribution is -2.41. The van der Waals surface area contributed by atoms with Gasteiger partial charge in [0.15, 0.2) is 0 Å².